The number of aromatic nitrogens is 2. The Balaban J connectivity index is 1.94. The number of nitrogens with zero attached hydrogens (tertiary/aromatic N) is 3. The minimum Gasteiger partial charge on any atom is -0.481 e. The van der Waals surface area contributed by atoms with Crippen molar-refractivity contribution in [1.29, 1.82) is 0 Å². The van der Waals surface area contributed by atoms with Crippen LogP contribution < -0.4 is 0 Å². The van der Waals surface area contributed by atoms with Gasteiger partial charge < -0.3 is 19.3 Å². The van der Waals surface area contributed by atoms with Crippen LogP contribution >= 0.6 is 0 Å². The maximum absolute atomic E-state index is 13.3. The van der Waals surface area contributed by atoms with E-state index in [2.05, 4.69) is 10.1 Å². The number of rotatable bonds is 5. The van der Waals surface area contributed by atoms with Gasteiger partial charge in [0.2, 0.25) is 0 Å². The highest BCUT2D eigenvalue weighted by atomic mass is 16.5. The molecule has 8 heteroatoms. The number of methoxy groups -OCH3 is 1. The van der Waals surface area contributed by atoms with Crippen molar-refractivity contribution in [2.75, 3.05) is 13.7 Å². The molecule has 1 aromatic heterocycles. The summed E-state index contributed by atoms with van der Waals surface area (Å²) in [5.41, 5.74) is 0.651. The van der Waals surface area contributed by atoms with Crippen LogP contribution in [0.1, 0.15) is 49.8 Å². The fourth-order valence-electron chi connectivity index (χ4n) is 3.34. The number of carboxylic acids is 1. The molecule has 1 aromatic carbocycles. The van der Waals surface area contributed by atoms with Crippen LogP contribution in [0.2, 0.25) is 0 Å². The molecule has 1 aliphatic rings. The molecule has 2 unspecified atom stereocenters. The first-order valence-electron chi connectivity index (χ1n) is 9.20. The number of carboxylic acid groups (broad SMARTS) is 1. The van der Waals surface area contributed by atoms with Crippen molar-refractivity contribution in [1.82, 2.24) is 15.0 Å². The van der Waals surface area contributed by atoms with E-state index in [1.807, 2.05) is 20.8 Å². The Morgan fingerprint density at radius 3 is 2.64 bits per heavy atom. The number of amides is 1. The highest BCUT2D eigenvalue weighted by Gasteiger charge is 2.38. The summed E-state index contributed by atoms with van der Waals surface area (Å²) in [5, 5.41) is 13.2. The number of likely N-dealkylation sites (tertiary alicyclic amines) is 1. The van der Waals surface area contributed by atoms with Crippen LogP contribution in [-0.4, -0.2) is 57.8 Å². The van der Waals surface area contributed by atoms with Crippen molar-refractivity contribution in [3.63, 3.8) is 0 Å². The summed E-state index contributed by atoms with van der Waals surface area (Å²) in [7, 11) is 1.57. The number of carbonyl (C=O) groups excluding carboxylic acids is 1. The number of aliphatic carboxylic acids is 1. The van der Waals surface area contributed by atoms with Crippen LogP contribution in [0.4, 0.5) is 0 Å². The molecule has 3 rings (SSSR count). The van der Waals surface area contributed by atoms with Crippen LogP contribution in [-0.2, 0) is 14.9 Å². The van der Waals surface area contributed by atoms with E-state index in [0.717, 1.165) is 0 Å². The van der Waals surface area contributed by atoms with Crippen molar-refractivity contribution < 1.29 is 24.0 Å². The lowest BCUT2D eigenvalue weighted by Gasteiger charge is -2.24. The molecule has 0 spiro atoms. The molecule has 28 heavy (non-hydrogen) atoms. The molecule has 1 N–H and O–H groups in total. The molecular formula is C20H25N3O5. The second kappa shape index (κ2) is 7.71. The molecule has 8 nitrogen and oxygen atoms in total. The van der Waals surface area contributed by atoms with Crippen molar-refractivity contribution in [3.8, 4) is 11.5 Å². The Kier molecular flexibility index (Phi) is 5.51. The Bertz CT molecular complexity index is 871. The van der Waals surface area contributed by atoms with Gasteiger partial charge in [0.05, 0.1) is 23.7 Å². The third-order valence-corrected chi connectivity index (χ3v) is 4.87. The summed E-state index contributed by atoms with van der Waals surface area (Å²) >= 11 is 0. The van der Waals surface area contributed by atoms with Gasteiger partial charge >= 0.3 is 5.97 Å². The lowest BCUT2D eigenvalue weighted by atomic mass is 9.96. The van der Waals surface area contributed by atoms with Gasteiger partial charge in [0.25, 0.3) is 11.8 Å². The standard InChI is InChI=1S/C20H25N3O5/c1-20(2,3)19-21-17(28-22-19)14-7-5-6-8-15(14)18(26)23-11-13(27-4)9-12(23)10-16(24)25/h5-8,12-13H,9-11H2,1-4H3,(H,24,25). The Morgan fingerprint density at radius 2 is 2.04 bits per heavy atom. The normalized spacial score (nSPS) is 19.8. The Hall–Kier alpha value is -2.74. The third kappa shape index (κ3) is 4.06. The van der Waals surface area contributed by atoms with Gasteiger partial charge in [0.1, 0.15) is 0 Å². The average Bonchev–Trinajstić information content (AvgIpc) is 3.27. The van der Waals surface area contributed by atoms with Crippen LogP contribution in [0.5, 0.6) is 0 Å². The van der Waals surface area contributed by atoms with Gasteiger partial charge in [0, 0.05) is 25.1 Å². The van der Waals surface area contributed by atoms with Gasteiger partial charge in [-0.1, -0.05) is 38.1 Å². The molecule has 0 aliphatic carbocycles. The molecule has 1 saturated heterocycles. The van der Waals surface area contributed by atoms with Crippen molar-refractivity contribution in [3.05, 3.63) is 35.7 Å². The first-order valence-corrected chi connectivity index (χ1v) is 9.20. The predicted octanol–water partition coefficient (Wildman–Crippen LogP) is 2.74. The molecule has 1 fully saturated rings. The number of hydrogen-bond acceptors (Lipinski definition) is 6. The van der Waals surface area contributed by atoms with E-state index in [-0.39, 0.29) is 29.7 Å². The van der Waals surface area contributed by atoms with Crippen LogP contribution in [0.3, 0.4) is 0 Å². The van der Waals surface area contributed by atoms with Crippen LogP contribution in [0.15, 0.2) is 28.8 Å². The van der Waals surface area contributed by atoms with Gasteiger partial charge in [-0.15, -0.1) is 0 Å². The van der Waals surface area contributed by atoms with Crippen molar-refractivity contribution >= 4 is 11.9 Å². The molecule has 2 heterocycles. The zero-order valence-corrected chi connectivity index (χ0v) is 16.5. The van der Waals surface area contributed by atoms with Gasteiger partial charge in [-0.25, -0.2) is 0 Å². The largest absolute Gasteiger partial charge is 0.481 e. The maximum Gasteiger partial charge on any atom is 0.305 e. The molecule has 1 aliphatic heterocycles. The van der Waals surface area contributed by atoms with Gasteiger partial charge in [-0.3, -0.25) is 9.59 Å². The van der Waals surface area contributed by atoms with Gasteiger partial charge in [0.15, 0.2) is 5.82 Å². The molecule has 1 amide bonds. The molecule has 2 aromatic rings. The SMILES string of the molecule is COC1CC(CC(=O)O)N(C(=O)c2ccccc2-c2nc(C(C)(C)C)no2)C1. The number of carbonyl (C=O) groups is 2. The zero-order valence-electron chi connectivity index (χ0n) is 16.5. The first-order chi connectivity index (χ1) is 13.2. The minimum absolute atomic E-state index is 0.123. The summed E-state index contributed by atoms with van der Waals surface area (Å²) in [4.78, 5) is 30.5. The summed E-state index contributed by atoms with van der Waals surface area (Å²) in [6.45, 7) is 6.28. The van der Waals surface area contributed by atoms with Crippen molar-refractivity contribution in [2.45, 2.75) is 51.2 Å². The second-order valence-electron chi connectivity index (χ2n) is 8.02. The van der Waals surface area contributed by atoms with E-state index < -0.39 is 12.0 Å². The fraction of sp³-hybridized carbons (Fsp3) is 0.500. The predicted molar refractivity (Wildman–Crippen MR) is 101 cm³/mol. The van der Waals surface area contributed by atoms with E-state index in [0.29, 0.717) is 29.9 Å². The van der Waals surface area contributed by atoms with E-state index in [4.69, 9.17) is 9.26 Å². The van der Waals surface area contributed by atoms with E-state index in [1.54, 1.807) is 36.3 Å². The summed E-state index contributed by atoms with van der Waals surface area (Å²) in [6, 6.07) is 6.58. The molecule has 2 atom stereocenters. The Labute approximate surface area is 163 Å². The molecular weight excluding hydrogens is 362 g/mol. The van der Waals surface area contributed by atoms with Crippen molar-refractivity contribution in [2.24, 2.45) is 0 Å². The fourth-order valence-corrected chi connectivity index (χ4v) is 3.34. The van der Waals surface area contributed by atoms with Crippen LogP contribution in [0, 0.1) is 0 Å². The number of ether oxygens (including phenoxy) is 1. The maximum atomic E-state index is 13.3. The summed E-state index contributed by atoms with van der Waals surface area (Å²) in [6.07, 6.45) is 0.185. The lowest BCUT2D eigenvalue weighted by Crippen LogP contribution is -2.37. The topological polar surface area (TPSA) is 106 Å². The first kappa shape index (κ1) is 20.0. The highest BCUT2D eigenvalue weighted by Crippen LogP contribution is 2.30. The van der Waals surface area contributed by atoms with Gasteiger partial charge in [-0.2, -0.15) is 4.98 Å². The molecule has 0 radical (unpaired) electrons. The molecule has 0 bridgehead atoms. The second-order valence-corrected chi connectivity index (χ2v) is 8.02. The summed E-state index contributed by atoms with van der Waals surface area (Å²) in [5.74, 6) is -0.392. The minimum atomic E-state index is -0.945. The van der Waals surface area contributed by atoms with E-state index in [1.165, 1.54) is 0 Å². The van der Waals surface area contributed by atoms with Crippen LogP contribution in [0.25, 0.3) is 11.5 Å². The summed E-state index contributed by atoms with van der Waals surface area (Å²) < 4.78 is 10.8. The highest BCUT2D eigenvalue weighted by molar-refractivity contribution is 6.00. The lowest BCUT2D eigenvalue weighted by molar-refractivity contribution is -0.138. The monoisotopic (exact) mass is 387 g/mol. The Morgan fingerprint density at radius 1 is 1.32 bits per heavy atom. The molecule has 0 saturated carbocycles. The average molecular weight is 387 g/mol. The zero-order chi connectivity index (χ0) is 20.5. The number of benzene rings is 1. The molecule has 150 valence electrons. The van der Waals surface area contributed by atoms with E-state index in [9.17, 15) is 14.7 Å². The van der Waals surface area contributed by atoms with Gasteiger partial charge in [-0.05, 0) is 18.6 Å². The third-order valence-electron chi connectivity index (χ3n) is 4.87. The smallest absolute Gasteiger partial charge is 0.305 e. The van der Waals surface area contributed by atoms with E-state index >= 15 is 0 Å². The number of hydrogen-bond donors (Lipinski definition) is 1. The quantitative estimate of drug-likeness (QED) is 0.841.